The van der Waals surface area contributed by atoms with Crippen LogP contribution in [0.2, 0.25) is 0 Å². The summed E-state index contributed by atoms with van der Waals surface area (Å²) >= 11 is 0. The normalized spacial score (nSPS) is 11.7. The number of phenolic OH excluding ortho intramolecular Hbond substituents is 1. The molecule has 0 aliphatic carbocycles. The van der Waals surface area contributed by atoms with Gasteiger partial charge in [0.25, 0.3) is 5.91 Å². The van der Waals surface area contributed by atoms with Gasteiger partial charge in [-0.3, -0.25) is 4.79 Å². The van der Waals surface area contributed by atoms with E-state index in [1.54, 1.807) is 0 Å². The zero-order chi connectivity index (χ0) is 14.4. The highest BCUT2D eigenvalue weighted by molar-refractivity contribution is 5.94. The molecule has 0 aliphatic rings. The molecule has 7 heteroatoms. The van der Waals surface area contributed by atoms with Crippen molar-refractivity contribution < 1.29 is 29.6 Å². The number of ether oxygens (including phenoxy) is 1. The summed E-state index contributed by atoms with van der Waals surface area (Å²) in [5.41, 5.74) is 0.211. The number of rotatable bonds is 6. The molecule has 1 rings (SSSR count). The molecule has 0 saturated heterocycles. The van der Waals surface area contributed by atoms with Crippen LogP contribution in [-0.4, -0.2) is 47.0 Å². The molecule has 0 aromatic heterocycles. The Hall–Kier alpha value is -2.28. The molecule has 1 aromatic carbocycles. The fourth-order valence-electron chi connectivity index (χ4n) is 1.38. The predicted molar refractivity (Wildman–Crippen MR) is 65.3 cm³/mol. The Balaban J connectivity index is 2.54. The van der Waals surface area contributed by atoms with Gasteiger partial charge in [-0.2, -0.15) is 0 Å². The lowest BCUT2D eigenvalue weighted by Gasteiger charge is -2.08. The van der Waals surface area contributed by atoms with Crippen molar-refractivity contribution in [3.8, 4) is 11.5 Å². The second-order valence-corrected chi connectivity index (χ2v) is 3.79. The molecule has 0 aliphatic heterocycles. The van der Waals surface area contributed by atoms with Crippen LogP contribution in [-0.2, 0) is 4.79 Å². The van der Waals surface area contributed by atoms with Gasteiger partial charge < -0.3 is 25.4 Å². The van der Waals surface area contributed by atoms with Crippen LogP contribution in [0.15, 0.2) is 18.2 Å². The summed E-state index contributed by atoms with van der Waals surface area (Å²) in [6.07, 6.45) is -1.60. The van der Waals surface area contributed by atoms with Crippen LogP contribution < -0.4 is 10.1 Å². The molecule has 104 valence electrons. The molecule has 0 heterocycles. The second kappa shape index (κ2) is 6.60. The average molecular weight is 269 g/mol. The summed E-state index contributed by atoms with van der Waals surface area (Å²) in [5, 5.41) is 29.4. The Kier molecular flexibility index (Phi) is 5.13. The van der Waals surface area contributed by atoms with Gasteiger partial charge in [-0.1, -0.05) is 0 Å². The molecular weight excluding hydrogens is 254 g/mol. The number of carboxylic acid groups (broad SMARTS) is 1. The van der Waals surface area contributed by atoms with E-state index in [1.807, 2.05) is 0 Å². The number of hydrogen-bond acceptors (Lipinski definition) is 5. The van der Waals surface area contributed by atoms with Gasteiger partial charge in [0.2, 0.25) is 0 Å². The maximum absolute atomic E-state index is 11.7. The van der Waals surface area contributed by atoms with Gasteiger partial charge in [-0.25, -0.2) is 4.79 Å². The van der Waals surface area contributed by atoms with E-state index in [4.69, 9.17) is 14.9 Å². The Labute approximate surface area is 109 Å². The third kappa shape index (κ3) is 4.14. The minimum atomic E-state index is -1.51. The monoisotopic (exact) mass is 269 g/mol. The fourth-order valence-corrected chi connectivity index (χ4v) is 1.38. The molecule has 0 bridgehead atoms. The van der Waals surface area contributed by atoms with Crippen molar-refractivity contribution in [3.05, 3.63) is 23.8 Å². The number of amides is 1. The fraction of sp³-hybridized carbons (Fsp3) is 0.333. The minimum absolute atomic E-state index is 0.0130. The van der Waals surface area contributed by atoms with E-state index in [9.17, 15) is 14.7 Å². The van der Waals surface area contributed by atoms with E-state index in [2.05, 4.69) is 5.32 Å². The van der Waals surface area contributed by atoms with Gasteiger partial charge in [-0.05, 0) is 18.2 Å². The molecule has 0 spiro atoms. The van der Waals surface area contributed by atoms with Crippen molar-refractivity contribution in [3.63, 3.8) is 0 Å². The molecule has 0 fully saturated rings. The van der Waals surface area contributed by atoms with E-state index in [0.29, 0.717) is 0 Å². The van der Waals surface area contributed by atoms with E-state index < -0.39 is 18.0 Å². The Morgan fingerprint density at radius 3 is 2.63 bits per heavy atom. The van der Waals surface area contributed by atoms with Crippen LogP contribution in [0.1, 0.15) is 16.8 Å². The number of nitrogens with one attached hydrogen (secondary N) is 1. The highest BCUT2D eigenvalue weighted by atomic mass is 16.5. The van der Waals surface area contributed by atoms with E-state index in [1.165, 1.54) is 25.3 Å². The molecule has 0 saturated carbocycles. The molecular formula is C12H15NO6. The lowest BCUT2D eigenvalue weighted by Crippen LogP contribution is -2.30. The Morgan fingerprint density at radius 2 is 2.11 bits per heavy atom. The molecule has 1 unspecified atom stereocenters. The quantitative estimate of drug-likeness (QED) is 0.576. The van der Waals surface area contributed by atoms with Crippen molar-refractivity contribution in [2.45, 2.75) is 12.5 Å². The van der Waals surface area contributed by atoms with E-state index >= 15 is 0 Å². The van der Waals surface area contributed by atoms with Crippen LogP contribution in [0.25, 0.3) is 0 Å². The predicted octanol–water partition coefficient (Wildman–Crippen LogP) is -0.0338. The second-order valence-electron chi connectivity index (χ2n) is 3.79. The van der Waals surface area contributed by atoms with Crippen LogP contribution in [0.3, 0.4) is 0 Å². The van der Waals surface area contributed by atoms with Crippen LogP contribution in [0.4, 0.5) is 0 Å². The number of phenols is 1. The average Bonchev–Trinajstić information content (AvgIpc) is 2.38. The highest BCUT2D eigenvalue weighted by Gasteiger charge is 2.14. The third-order valence-electron chi connectivity index (χ3n) is 2.43. The van der Waals surface area contributed by atoms with E-state index in [-0.39, 0.29) is 30.0 Å². The molecule has 0 radical (unpaired) electrons. The van der Waals surface area contributed by atoms with Crippen molar-refractivity contribution in [2.24, 2.45) is 0 Å². The number of hydrogen-bond donors (Lipinski definition) is 4. The maximum Gasteiger partial charge on any atom is 0.332 e. The number of carbonyl (C=O) groups excluding carboxylic acids is 1. The number of aromatic hydroxyl groups is 1. The topological polar surface area (TPSA) is 116 Å². The maximum atomic E-state index is 11.7. The van der Waals surface area contributed by atoms with Gasteiger partial charge in [0.05, 0.1) is 7.11 Å². The number of aliphatic carboxylic acids is 1. The number of methoxy groups -OCH3 is 1. The van der Waals surface area contributed by atoms with Crippen molar-refractivity contribution >= 4 is 11.9 Å². The van der Waals surface area contributed by atoms with Crippen molar-refractivity contribution in [1.82, 2.24) is 5.32 Å². The minimum Gasteiger partial charge on any atom is -0.504 e. The first-order valence-corrected chi connectivity index (χ1v) is 5.51. The summed E-state index contributed by atoms with van der Waals surface area (Å²) in [7, 11) is 1.39. The van der Waals surface area contributed by atoms with Gasteiger partial charge in [0.15, 0.2) is 17.6 Å². The third-order valence-corrected chi connectivity index (χ3v) is 2.43. The van der Waals surface area contributed by atoms with Crippen molar-refractivity contribution in [1.29, 1.82) is 0 Å². The molecule has 19 heavy (non-hydrogen) atoms. The van der Waals surface area contributed by atoms with E-state index in [0.717, 1.165) is 0 Å². The lowest BCUT2D eigenvalue weighted by molar-refractivity contribution is -0.146. The lowest BCUT2D eigenvalue weighted by atomic mass is 10.2. The van der Waals surface area contributed by atoms with Gasteiger partial charge >= 0.3 is 5.97 Å². The van der Waals surface area contributed by atoms with Crippen LogP contribution >= 0.6 is 0 Å². The molecule has 1 amide bonds. The molecule has 1 atom stereocenters. The molecule has 7 nitrogen and oxygen atoms in total. The van der Waals surface area contributed by atoms with Gasteiger partial charge in [0.1, 0.15) is 0 Å². The highest BCUT2D eigenvalue weighted by Crippen LogP contribution is 2.25. The number of aliphatic hydroxyl groups excluding tert-OH is 1. The number of benzene rings is 1. The zero-order valence-corrected chi connectivity index (χ0v) is 10.3. The summed E-state index contributed by atoms with van der Waals surface area (Å²) in [6, 6.07) is 4.14. The zero-order valence-electron chi connectivity index (χ0n) is 10.3. The standard InChI is InChI=1S/C12H15NO6/c1-19-10-3-2-7(6-9(10)15)11(16)13-5-4-8(14)12(17)18/h2-3,6,8,14-15H,4-5H2,1H3,(H,13,16)(H,17,18). The SMILES string of the molecule is COc1ccc(C(=O)NCCC(O)C(=O)O)cc1O. The van der Waals surface area contributed by atoms with Gasteiger partial charge in [-0.15, -0.1) is 0 Å². The van der Waals surface area contributed by atoms with Crippen LogP contribution in [0, 0.1) is 0 Å². The number of carboxylic acids is 1. The number of carbonyl (C=O) groups is 2. The summed E-state index contributed by atoms with van der Waals surface area (Å²) < 4.78 is 4.84. The first-order chi connectivity index (χ1) is 8.95. The molecule has 1 aromatic rings. The van der Waals surface area contributed by atoms with Gasteiger partial charge in [0, 0.05) is 18.5 Å². The van der Waals surface area contributed by atoms with Crippen LogP contribution in [0.5, 0.6) is 11.5 Å². The first kappa shape index (κ1) is 14.8. The first-order valence-electron chi connectivity index (χ1n) is 5.51. The Morgan fingerprint density at radius 1 is 1.42 bits per heavy atom. The van der Waals surface area contributed by atoms with Crippen molar-refractivity contribution in [2.75, 3.05) is 13.7 Å². The largest absolute Gasteiger partial charge is 0.504 e. The smallest absolute Gasteiger partial charge is 0.332 e. The molecule has 4 N–H and O–H groups in total. The number of aliphatic hydroxyl groups is 1. The summed E-state index contributed by atoms with van der Waals surface area (Å²) in [4.78, 5) is 22.0. The Bertz CT molecular complexity index is 473. The summed E-state index contributed by atoms with van der Waals surface area (Å²) in [5.74, 6) is -1.73. The summed E-state index contributed by atoms with van der Waals surface area (Å²) in [6.45, 7) is 0.0130.